The van der Waals surface area contributed by atoms with Crippen molar-refractivity contribution < 1.29 is 9.53 Å². The molecule has 7 heteroatoms. The van der Waals surface area contributed by atoms with Gasteiger partial charge in [-0.05, 0) is 60.9 Å². The van der Waals surface area contributed by atoms with E-state index in [-0.39, 0.29) is 5.91 Å². The van der Waals surface area contributed by atoms with Crippen molar-refractivity contribution in [1.29, 1.82) is 0 Å². The molecule has 1 amide bonds. The van der Waals surface area contributed by atoms with Crippen LogP contribution in [0.1, 0.15) is 67.1 Å². The number of hydrogen-bond acceptors (Lipinski definition) is 6. The quantitative estimate of drug-likeness (QED) is 0.366. The Labute approximate surface area is 240 Å². The summed E-state index contributed by atoms with van der Waals surface area (Å²) < 4.78 is 6.48. The fourth-order valence-corrected chi connectivity index (χ4v) is 5.33. The summed E-state index contributed by atoms with van der Waals surface area (Å²) in [4.78, 5) is 26.8. The lowest BCUT2D eigenvalue weighted by Gasteiger charge is -2.36. The number of anilines is 1. The molecule has 0 atom stereocenters. The molecule has 0 spiro atoms. The molecule has 214 valence electrons. The zero-order valence-corrected chi connectivity index (χ0v) is 25.3. The second-order valence-corrected chi connectivity index (χ2v) is 11.0. The Morgan fingerprint density at radius 2 is 1.68 bits per heavy atom. The third-order valence-corrected chi connectivity index (χ3v) is 7.98. The highest BCUT2D eigenvalue weighted by atomic mass is 16.5. The van der Waals surface area contributed by atoms with Crippen LogP contribution in [0.25, 0.3) is 11.4 Å². The predicted octanol–water partition coefficient (Wildman–Crippen LogP) is 5.46. The van der Waals surface area contributed by atoms with Crippen molar-refractivity contribution in [2.75, 3.05) is 44.7 Å². The van der Waals surface area contributed by atoms with E-state index in [4.69, 9.17) is 14.7 Å². The second kappa shape index (κ2) is 13.3. The number of benzene rings is 2. The molecule has 4 rings (SSSR count). The van der Waals surface area contributed by atoms with Crippen LogP contribution < -0.4 is 15.0 Å². The van der Waals surface area contributed by atoms with E-state index in [1.165, 1.54) is 16.7 Å². The molecule has 1 N–H and O–H groups in total. The summed E-state index contributed by atoms with van der Waals surface area (Å²) in [6.45, 7) is 16.9. The van der Waals surface area contributed by atoms with Crippen molar-refractivity contribution in [1.82, 2.24) is 20.2 Å². The zero-order chi connectivity index (χ0) is 28.8. The zero-order valence-electron chi connectivity index (χ0n) is 25.3. The molecule has 3 aromatic rings. The summed E-state index contributed by atoms with van der Waals surface area (Å²) >= 11 is 0. The van der Waals surface area contributed by atoms with Gasteiger partial charge in [0.1, 0.15) is 18.2 Å². The Morgan fingerprint density at radius 1 is 1.00 bits per heavy atom. The van der Waals surface area contributed by atoms with Gasteiger partial charge in [0.2, 0.25) is 5.91 Å². The lowest BCUT2D eigenvalue weighted by Crippen LogP contribution is -2.49. The SMILES string of the molecule is CCc1cccc(CC)c1-c1nc(C)c(COc2cc(C(C)C)ccc2C)c(N2CCN(CC(=O)NC)CC2)n1. The first-order valence-corrected chi connectivity index (χ1v) is 14.6. The van der Waals surface area contributed by atoms with Gasteiger partial charge in [0, 0.05) is 38.8 Å². The summed E-state index contributed by atoms with van der Waals surface area (Å²) in [6.07, 6.45) is 1.85. The van der Waals surface area contributed by atoms with Gasteiger partial charge in [-0.15, -0.1) is 0 Å². The monoisotopic (exact) mass is 543 g/mol. The number of carbonyl (C=O) groups is 1. The van der Waals surface area contributed by atoms with Crippen LogP contribution in [0, 0.1) is 13.8 Å². The number of likely N-dealkylation sites (N-methyl/N-ethyl adjacent to an activating group) is 1. The molecular weight excluding hydrogens is 498 g/mol. The number of ether oxygens (including phenoxy) is 1. The summed E-state index contributed by atoms with van der Waals surface area (Å²) in [5, 5.41) is 2.74. The van der Waals surface area contributed by atoms with Crippen LogP contribution >= 0.6 is 0 Å². The van der Waals surface area contributed by atoms with Crippen LogP contribution in [-0.4, -0.2) is 60.5 Å². The highest BCUT2D eigenvalue weighted by Crippen LogP contribution is 2.32. The maximum Gasteiger partial charge on any atom is 0.233 e. The van der Waals surface area contributed by atoms with Gasteiger partial charge in [0.15, 0.2) is 5.82 Å². The number of carbonyl (C=O) groups excluding carboxylic acids is 1. The van der Waals surface area contributed by atoms with E-state index in [0.29, 0.717) is 19.1 Å². The molecule has 1 saturated heterocycles. The second-order valence-electron chi connectivity index (χ2n) is 11.0. The van der Waals surface area contributed by atoms with Gasteiger partial charge >= 0.3 is 0 Å². The van der Waals surface area contributed by atoms with Gasteiger partial charge in [0.25, 0.3) is 0 Å². The van der Waals surface area contributed by atoms with Crippen LogP contribution in [0.15, 0.2) is 36.4 Å². The van der Waals surface area contributed by atoms with Crippen LogP contribution in [-0.2, 0) is 24.2 Å². The molecule has 1 aromatic heterocycles. The number of aryl methyl sites for hydroxylation is 4. The fraction of sp³-hybridized carbons (Fsp3) is 0.485. The van der Waals surface area contributed by atoms with E-state index in [1.54, 1.807) is 7.05 Å². The summed E-state index contributed by atoms with van der Waals surface area (Å²) in [6, 6.07) is 13.0. The Hall–Kier alpha value is -3.45. The first-order chi connectivity index (χ1) is 19.2. The summed E-state index contributed by atoms with van der Waals surface area (Å²) in [5.74, 6) is 3.11. The van der Waals surface area contributed by atoms with Crippen molar-refractivity contribution in [3.8, 4) is 17.1 Å². The number of rotatable bonds is 10. The van der Waals surface area contributed by atoms with Crippen molar-refractivity contribution in [3.05, 3.63) is 69.9 Å². The van der Waals surface area contributed by atoms with Gasteiger partial charge in [-0.2, -0.15) is 0 Å². The summed E-state index contributed by atoms with van der Waals surface area (Å²) in [7, 11) is 1.69. The number of nitrogens with zero attached hydrogens (tertiary/aromatic N) is 4. The molecule has 0 unspecified atom stereocenters. The van der Waals surface area contributed by atoms with Crippen LogP contribution in [0.5, 0.6) is 5.75 Å². The average molecular weight is 544 g/mol. The minimum absolute atomic E-state index is 0.0463. The van der Waals surface area contributed by atoms with E-state index in [9.17, 15) is 4.79 Å². The number of amides is 1. The molecule has 1 fully saturated rings. The standard InChI is InChI=1S/C33H45N5O2/c1-8-25-11-10-12-26(9-2)31(25)32-35-24(6)28(21-40-29-19-27(22(3)4)14-13-23(29)5)33(36-32)38-17-15-37(16-18-38)20-30(39)34-7/h10-14,19,22H,8-9,15-18,20-21H2,1-7H3,(H,34,39). The van der Waals surface area contributed by atoms with Gasteiger partial charge in [-0.3, -0.25) is 9.69 Å². The Morgan fingerprint density at radius 3 is 2.27 bits per heavy atom. The highest BCUT2D eigenvalue weighted by Gasteiger charge is 2.25. The molecular formula is C33H45N5O2. The lowest BCUT2D eigenvalue weighted by atomic mass is 9.96. The largest absolute Gasteiger partial charge is 0.488 e. The number of aromatic nitrogens is 2. The van der Waals surface area contributed by atoms with Gasteiger partial charge < -0.3 is 15.0 Å². The Bertz CT molecular complexity index is 1310. The third kappa shape index (κ3) is 6.64. The third-order valence-electron chi connectivity index (χ3n) is 7.98. The summed E-state index contributed by atoms with van der Waals surface area (Å²) in [5.41, 5.74) is 8.04. The van der Waals surface area contributed by atoms with E-state index < -0.39 is 0 Å². The molecule has 1 aliphatic rings. The Balaban J connectivity index is 1.72. The number of hydrogen-bond donors (Lipinski definition) is 1. The van der Waals surface area contributed by atoms with Crippen LogP contribution in [0.3, 0.4) is 0 Å². The van der Waals surface area contributed by atoms with E-state index in [1.807, 2.05) is 0 Å². The highest BCUT2D eigenvalue weighted by molar-refractivity contribution is 5.77. The molecule has 2 heterocycles. The normalized spacial score (nSPS) is 14.1. The molecule has 1 aliphatic heterocycles. The van der Waals surface area contributed by atoms with Crippen molar-refractivity contribution in [2.24, 2.45) is 0 Å². The topological polar surface area (TPSA) is 70.6 Å². The van der Waals surface area contributed by atoms with Crippen molar-refractivity contribution in [2.45, 2.75) is 66.9 Å². The smallest absolute Gasteiger partial charge is 0.233 e. The number of piperazine rings is 1. The maximum atomic E-state index is 12.0. The molecule has 7 nitrogen and oxygen atoms in total. The van der Waals surface area contributed by atoms with Crippen LogP contribution in [0.4, 0.5) is 5.82 Å². The van der Waals surface area contributed by atoms with Gasteiger partial charge in [-0.1, -0.05) is 58.0 Å². The van der Waals surface area contributed by atoms with Crippen molar-refractivity contribution >= 4 is 11.7 Å². The van der Waals surface area contributed by atoms with E-state index in [0.717, 1.165) is 78.8 Å². The molecule has 0 radical (unpaired) electrons. The first kappa shape index (κ1) is 29.5. The minimum Gasteiger partial charge on any atom is -0.488 e. The van der Waals surface area contributed by atoms with E-state index in [2.05, 4.69) is 93.1 Å². The molecule has 0 bridgehead atoms. The van der Waals surface area contributed by atoms with Crippen molar-refractivity contribution in [3.63, 3.8) is 0 Å². The molecule has 0 aliphatic carbocycles. The average Bonchev–Trinajstić information content (AvgIpc) is 2.96. The number of nitrogens with one attached hydrogen (secondary N) is 1. The predicted molar refractivity (Wildman–Crippen MR) is 163 cm³/mol. The molecule has 40 heavy (non-hydrogen) atoms. The molecule has 2 aromatic carbocycles. The minimum atomic E-state index is 0.0463. The van der Waals surface area contributed by atoms with Crippen LogP contribution in [0.2, 0.25) is 0 Å². The fourth-order valence-electron chi connectivity index (χ4n) is 5.33. The van der Waals surface area contributed by atoms with Gasteiger partial charge in [-0.25, -0.2) is 9.97 Å². The van der Waals surface area contributed by atoms with Gasteiger partial charge in [0.05, 0.1) is 17.8 Å². The van der Waals surface area contributed by atoms with E-state index >= 15 is 0 Å². The molecule has 0 saturated carbocycles. The first-order valence-electron chi connectivity index (χ1n) is 14.6. The Kier molecular flexibility index (Phi) is 9.80. The lowest BCUT2D eigenvalue weighted by molar-refractivity contribution is -0.121. The maximum absolute atomic E-state index is 12.0.